The summed E-state index contributed by atoms with van der Waals surface area (Å²) in [4.78, 5) is 18.2. The molecular formula is C29H21Cl2N3O5S. The van der Waals surface area contributed by atoms with Crippen LogP contribution in [0, 0.1) is 0 Å². The van der Waals surface area contributed by atoms with Crippen molar-refractivity contribution in [3.8, 4) is 28.1 Å². The van der Waals surface area contributed by atoms with Crippen molar-refractivity contribution in [3.05, 3.63) is 93.6 Å². The Bertz CT molecular complexity index is 1830. The molecule has 6 aromatic rings. The average Bonchev–Trinajstić information content (AvgIpc) is 3.65. The molecular weight excluding hydrogens is 573 g/mol. The molecule has 0 saturated carbocycles. The van der Waals surface area contributed by atoms with Gasteiger partial charge in [0.25, 0.3) is 5.19 Å². The summed E-state index contributed by atoms with van der Waals surface area (Å²) < 4.78 is 24.7. The van der Waals surface area contributed by atoms with Crippen molar-refractivity contribution in [3.63, 3.8) is 0 Å². The van der Waals surface area contributed by atoms with Gasteiger partial charge in [-0.25, -0.2) is 9.50 Å². The number of ketones is 1. The van der Waals surface area contributed by atoms with Gasteiger partial charge in [0.2, 0.25) is 4.96 Å². The molecule has 11 heteroatoms. The van der Waals surface area contributed by atoms with Gasteiger partial charge in [0.1, 0.15) is 29.4 Å². The van der Waals surface area contributed by atoms with E-state index in [9.17, 15) is 4.79 Å². The Balaban J connectivity index is 1.24. The number of carbonyl (C=O) groups excluding carboxylic acids is 1. The van der Waals surface area contributed by atoms with Crippen molar-refractivity contribution < 1.29 is 23.4 Å². The Morgan fingerprint density at radius 1 is 1.00 bits per heavy atom. The van der Waals surface area contributed by atoms with E-state index in [1.54, 1.807) is 49.2 Å². The standard InChI is InChI=1S/C29H21Cl2N3O5S/c1-36-18-11-24(19-13-26(39-25(19)12-18)22-14-34-28(32-22)40-29(33-34)37-2)38-15-17-6-3-5-16(9-17)10-23(35)27-20(30)7-4-8-21(27)31/h3-9,11-14H,10,15H2,1-2H3. The molecule has 0 fully saturated rings. The molecule has 0 N–H and O–H groups in total. The van der Waals surface area contributed by atoms with Crippen LogP contribution in [-0.4, -0.2) is 34.6 Å². The molecule has 3 aromatic heterocycles. The summed E-state index contributed by atoms with van der Waals surface area (Å²) in [5.74, 6) is 1.61. The SMILES string of the molecule is COc1cc(OCc2cccc(CC(=O)c3c(Cl)cccc3Cl)c2)c2cc(-c3cn4nc(OC)sc4n3)oc2c1. The zero-order chi connectivity index (χ0) is 27.8. The highest BCUT2D eigenvalue weighted by Gasteiger charge is 2.18. The minimum atomic E-state index is -0.151. The van der Waals surface area contributed by atoms with Crippen molar-refractivity contribution in [2.45, 2.75) is 13.0 Å². The van der Waals surface area contributed by atoms with E-state index in [0.29, 0.717) is 54.3 Å². The van der Waals surface area contributed by atoms with Crippen LogP contribution in [0.15, 0.2) is 71.3 Å². The summed E-state index contributed by atoms with van der Waals surface area (Å²) in [6, 6.07) is 18.2. The van der Waals surface area contributed by atoms with Crippen molar-refractivity contribution in [1.29, 1.82) is 0 Å². The first-order valence-corrected chi connectivity index (χ1v) is 13.7. The predicted octanol–water partition coefficient (Wildman–Crippen LogP) is 7.53. The van der Waals surface area contributed by atoms with E-state index in [2.05, 4.69) is 10.1 Å². The van der Waals surface area contributed by atoms with Gasteiger partial charge < -0.3 is 18.6 Å². The molecule has 40 heavy (non-hydrogen) atoms. The Labute approximate surface area is 242 Å². The Kier molecular flexibility index (Phi) is 7.10. The molecule has 3 aromatic carbocycles. The number of nitrogens with zero attached hydrogens (tertiary/aromatic N) is 3. The summed E-state index contributed by atoms with van der Waals surface area (Å²) in [5.41, 5.74) is 3.29. The number of halogens is 2. The third kappa shape index (κ3) is 5.11. The van der Waals surface area contributed by atoms with E-state index in [1.807, 2.05) is 36.4 Å². The number of rotatable bonds is 9. The number of ether oxygens (including phenoxy) is 3. The number of methoxy groups -OCH3 is 2. The molecule has 0 aliphatic carbocycles. The van der Waals surface area contributed by atoms with Gasteiger partial charge in [0, 0.05) is 18.6 Å². The molecule has 0 unspecified atom stereocenters. The molecule has 0 amide bonds. The highest BCUT2D eigenvalue weighted by Crippen LogP contribution is 2.37. The molecule has 3 heterocycles. The second-order valence-electron chi connectivity index (χ2n) is 8.88. The molecule has 0 spiro atoms. The maximum Gasteiger partial charge on any atom is 0.294 e. The van der Waals surface area contributed by atoms with Gasteiger partial charge in [0.05, 0.1) is 41.4 Å². The Hall–Kier alpha value is -4.05. The number of Topliss-reactive ketones (excluding diaryl/α,β-unsaturated/α-hetero) is 1. The first-order chi connectivity index (χ1) is 19.4. The van der Waals surface area contributed by atoms with E-state index >= 15 is 0 Å². The monoisotopic (exact) mass is 593 g/mol. The number of fused-ring (bicyclic) bond motifs is 2. The lowest BCUT2D eigenvalue weighted by Crippen LogP contribution is -2.06. The lowest BCUT2D eigenvalue weighted by atomic mass is 10.0. The van der Waals surface area contributed by atoms with E-state index < -0.39 is 0 Å². The van der Waals surface area contributed by atoms with Crippen LogP contribution in [0.3, 0.4) is 0 Å². The lowest BCUT2D eigenvalue weighted by molar-refractivity contribution is 0.0993. The van der Waals surface area contributed by atoms with Crippen LogP contribution in [0.25, 0.3) is 27.4 Å². The lowest BCUT2D eigenvalue weighted by Gasteiger charge is -2.11. The number of hydrogen-bond donors (Lipinski definition) is 0. The van der Waals surface area contributed by atoms with Crippen molar-refractivity contribution in [1.82, 2.24) is 14.6 Å². The van der Waals surface area contributed by atoms with Gasteiger partial charge in [-0.3, -0.25) is 4.79 Å². The molecule has 0 atom stereocenters. The fraction of sp³-hybridized carbons (Fsp3) is 0.138. The van der Waals surface area contributed by atoms with Crippen LogP contribution in [0.2, 0.25) is 10.0 Å². The Morgan fingerprint density at radius 3 is 2.52 bits per heavy atom. The molecule has 0 bridgehead atoms. The Morgan fingerprint density at radius 2 is 1.77 bits per heavy atom. The number of imidazole rings is 1. The fourth-order valence-corrected chi connectivity index (χ4v) is 5.67. The summed E-state index contributed by atoms with van der Waals surface area (Å²) in [7, 11) is 3.16. The molecule has 6 rings (SSSR count). The van der Waals surface area contributed by atoms with Crippen LogP contribution in [-0.2, 0) is 13.0 Å². The van der Waals surface area contributed by atoms with Gasteiger partial charge in [-0.15, -0.1) is 5.10 Å². The number of aromatic nitrogens is 3. The second kappa shape index (κ2) is 10.8. The van der Waals surface area contributed by atoms with Gasteiger partial charge in [0.15, 0.2) is 11.5 Å². The topological polar surface area (TPSA) is 88.1 Å². The van der Waals surface area contributed by atoms with E-state index in [0.717, 1.165) is 16.5 Å². The molecule has 0 radical (unpaired) electrons. The van der Waals surface area contributed by atoms with Gasteiger partial charge >= 0.3 is 0 Å². The number of furan rings is 1. The summed E-state index contributed by atoms with van der Waals surface area (Å²) >= 11 is 13.8. The van der Waals surface area contributed by atoms with Crippen LogP contribution < -0.4 is 14.2 Å². The zero-order valence-electron chi connectivity index (χ0n) is 21.3. The van der Waals surface area contributed by atoms with Gasteiger partial charge in [-0.2, -0.15) is 0 Å². The van der Waals surface area contributed by atoms with Crippen molar-refractivity contribution >= 4 is 56.3 Å². The minimum absolute atomic E-state index is 0.151. The first-order valence-electron chi connectivity index (χ1n) is 12.1. The fourth-order valence-electron chi connectivity index (χ4n) is 4.36. The average molecular weight is 594 g/mol. The van der Waals surface area contributed by atoms with Crippen molar-refractivity contribution in [2.75, 3.05) is 14.2 Å². The van der Waals surface area contributed by atoms with Crippen LogP contribution >= 0.6 is 34.5 Å². The van der Waals surface area contributed by atoms with Crippen LogP contribution in [0.1, 0.15) is 21.5 Å². The quantitative estimate of drug-likeness (QED) is 0.160. The molecule has 0 saturated heterocycles. The second-order valence-corrected chi connectivity index (χ2v) is 10.6. The maximum atomic E-state index is 12.9. The number of carbonyl (C=O) groups is 1. The van der Waals surface area contributed by atoms with E-state index in [-0.39, 0.29) is 18.8 Å². The summed E-state index contributed by atoms with van der Waals surface area (Å²) in [5, 5.41) is 6.30. The highest BCUT2D eigenvalue weighted by atomic mass is 35.5. The minimum Gasteiger partial charge on any atom is -0.496 e. The smallest absolute Gasteiger partial charge is 0.294 e. The highest BCUT2D eigenvalue weighted by molar-refractivity contribution is 7.18. The van der Waals surface area contributed by atoms with Crippen LogP contribution in [0.5, 0.6) is 16.7 Å². The van der Waals surface area contributed by atoms with Gasteiger partial charge in [-0.1, -0.05) is 53.5 Å². The molecule has 0 aliphatic heterocycles. The van der Waals surface area contributed by atoms with E-state index in [1.165, 1.54) is 11.3 Å². The zero-order valence-corrected chi connectivity index (χ0v) is 23.6. The number of benzene rings is 3. The molecule has 202 valence electrons. The van der Waals surface area contributed by atoms with E-state index in [4.69, 9.17) is 41.8 Å². The third-order valence-corrected chi connectivity index (χ3v) is 7.77. The largest absolute Gasteiger partial charge is 0.496 e. The third-order valence-electron chi connectivity index (χ3n) is 6.25. The molecule has 8 nitrogen and oxygen atoms in total. The maximum absolute atomic E-state index is 12.9. The van der Waals surface area contributed by atoms with Gasteiger partial charge in [-0.05, 0) is 40.7 Å². The van der Waals surface area contributed by atoms with Crippen LogP contribution in [0.4, 0.5) is 0 Å². The molecule has 0 aliphatic rings. The van der Waals surface area contributed by atoms with Crippen molar-refractivity contribution in [2.24, 2.45) is 0 Å². The number of hydrogen-bond acceptors (Lipinski definition) is 8. The summed E-state index contributed by atoms with van der Waals surface area (Å²) in [6.45, 7) is 0.265. The first kappa shape index (κ1) is 26.2. The predicted molar refractivity (Wildman–Crippen MR) is 154 cm³/mol. The normalized spacial score (nSPS) is 11.3. The summed E-state index contributed by atoms with van der Waals surface area (Å²) in [6.07, 6.45) is 1.95.